The topological polar surface area (TPSA) is 83.2 Å². The van der Waals surface area contributed by atoms with E-state index in [1.807, 2.05) is 42.5 Å². The lowest BCUT2D eigenvalue weighted by molar-refractivity contribution is -0.111. The zero-order valence-corrected chi connectivity index (χ0v) is 19.7. The minimum absolute atomic E-state index is 0.196. The lowest BCUT2D eigenvalue weighted by Crippen LogP contribution is -2.08. The average molecular weight is 494 g/mol. The smallest absolute Gasteiger partial charge is 0.355 e. The van der Waals surface area contributed by atoms with Gasteiger partial charge in [-0.25, -0.2) is 4.79 Å². The zero-order valence-electron chi connectivity index (χ0n) is 18.2. The highest BCUT2D eigenvalue weighted by Gasteiger charge is 2.20. The molecule has 0 aliphatic carbocycles. The van der Waals surface area contributed by atoms with Gasteiger partial charge in [0.2, 0.25) is 5.91 Å². The van der Waals surface area contributed by atoms with E-state index in [0.29, 0.717) is 32.2 Å². The van der Waals surface area contributed by atoms with Gasteiger partial charge in [0.1, 0.15) is 5.69 Å². The molecule has 0 fully saturated rings. The van der Waals surface area contributed by atoms with E-state index in [-0.39, 0.29) is 18.2 Å². The maximum Gasteiger partial charge on any atom is 0.355 e. The van der Waals surface area contributed by atoms with Crippen LogP contribution in [0.4, 0.5) is 17.1 Å². The van der Waals surface area contributed by atoms with E-state index >= 15 is 0 Å². The number of para-hydroxylation sites is 1. The second kappa shape index (κ2) is 10.5. The van der Waals surface area contributed by atoms with E-state index in [1.165, 1.54) is 12.2 Å². The summed E-state index contributed by atoms with van der Waals surface area (Å²) in [5.41, 5.74) is 3.71. The Morgan fingerprint density at radius 1 is 0.971 bits per heavy atom. The number of carbonyl (C=O) groups is 2. The highest BCUT2D eigenvalue weighted by atomic mass is 35.5. The molecule has 3 N–H and O–H groups in total. The van der Waals surface area contributed by atoms with Crippen LogP contribution in [0.5, 0.6) is 0 Å². The SMILES string of the molecule is CCOC(=O)c1[nH]c2cc(Cl)cc(Cl)c2c1/C=C/C(=O)Nc1ccc(Nc2ccccc2)cc1. The van der Waals surface area contributed by atoms with E-state index < -0.39 is 5.97 Å². The van der Waals surface area contributed by atoms with Crippen molar-refractivity contribution in [1.82, 2.24) is 4.98 Å². The van der Waals surface area contributed by atoms with Crippen molar-refractivity contribution in [2.75, 3.05) is 17.2 Å². The molecule has 0 radical (unpaired) electrons. The van der Waals surface area contributed by atoms with Crippen LogP contribution in [0.25, 0.3) is 17.0 Å². The molecule has 6 nitrogen and oxygen atoms in total. The quantitative estimate of drug-likeness (QED) is 0.190. The maximum atomic E-state index is 12.6. The van der Waals surface area contributed by atoms with E-state index in [0.717, 1.165) is 11.4 Å². The molecule has 1 aromatic heterocycles. The van der Waals surface area contributed by atoms with Gasteiger partial charge in [-0.3, -0.25) is 4.79 Å². The Morgan fingerprint density at radius 2 is 1.65 bits per heavy atom. The number of aromatic nitrogens is 1. The molecule has 4 aromatic rings. The van der Waals surface area contributed by atoms with Crippen LogP contribution in [-0.2, 0) is 9.53 Å². The Morgan fingerprint density at radius 3 is 2.35 bits per heavy atom. The Hall–Kier alpha value is -3.74. The number of hydrogen-bond acceptors (Lipinski definition) is 4. The Bertz CT molecular complexity index is 1360. The van der Waals surface area contributed by atoms with Gasteiger partial charge in [-0.1, -0.05) is 41.4 Å². The summed E-state index contributed by atoms with van der Waals surface area (Å²) in [6.45, 7) is 1.93. The third-order valence-electron chi connectivity index (χ3n) is 4.95. The molecule has 0 aliphatic rings. The van der Waals surface area contributed by atoms with E-state index in [9.17, 15) is 9.59 Å². The lowest BCUT2D eigenvalue weighted by Gasteiger charge is -2.08. The molecule has 0 unspecified atom stereocenters. The number of fused-ring (bicyclic) bond motifs is 1. The molecule has 3 aromatic carbocycles. The van der Waals surface area contributed by atoms with Crippen molar-refractivity contribution in [3.05, 3.63) is 94.1 Å². The number of anilines is 3. The highest BCUT2D eigenvalue weighted by molar-refractivity contribution is 6.39. The Kier molecular flexibility index (Phi) is 7.21. The molecule has 0 saturated carbocycles. The third-order valence-corrected chi connectivity index (χ3v) is 5.47. The first-order valence-electron chi connectivity index (χ1n) is 10.5. The number of carbonyl (C=O) groups excluding carboxylic acids is 2. The second-order valence-corrected chi connectivity index (χ2v) is 8.18. The number of benzene rings is 3. The highest BCUT2D eigenvalue weighted by Crippen LogP contribution is 2.33. The fourth-order valence-electron chi connectivity index (χ4n) is 3.47. The molecule has 0 aliphatic heterocycles. The fourth-order valence-corrected chi connectivity index (χ4v) is 4.07. The normalized spacial score (nSPS) is 11.0. The summed E-state index contributed by atoms with van der Waals surface area (Å²) in [7, 11) is 0. The third kappa shape index (κ3) is 5.42. The molecule has 8 heteroatoms. The van der Waals surface area contributed by atoms with Gasteiger partial charge in [0.15, 0.2) is 0 Å². The minimum Gasteiger partial charge on any atom is -0.461 e. The van der Waals surface area contributed by atoms with Crippen LogP contribution in [0.15, 0.2) is 72.8 Å². The number of halogens is 2. The number of nitrogens with one attached hydrogen (secondary N) is 3. The molecule has 34 heavy (non-hydrogen) atoms. The average Bonchev–Trinajstić information content (AvgIpc) is 3.18. The van der Waals surface area contributed by atoms with Crippen molar-refractivity contribution in [2.45, 2.75) is 6.92 Å². The summed E-state index contributed by atoms with van der Waals surface area (Å²) in [6, 6.07) is 20.4. The summed E-state index contributed by atoms with van der Waals surface area (Å²) in [5, 5.41) is 7.45. The summed E-state index contributed by atoms with van der Waals surface area (Å²) in [4.78, 5) is 28.0. The molecule has 0 atom stereocenters. The van der Waals surface area contributed by atoms with Crippen LogP contribution >= 0.6 is 23.2 Å². The zero-order chi connectivity index (χ0) is 24.1. The summed E-state index contributed by atoms with van der Waals surface area (Å²) < 4.78 is 5.14. The molecule has 0 bridgehead atoms. The first-order chi connectivity index (χ1) is 16.4. The molecule has 1 heterocycles. The summed E-state index contributed by atoms with van der Waals surface area (Å²) in [5.74, 6) is -0.912. The minimum atomic E-state index is -0.549. The first kappa shape index (κ1) is 23.4. The second-order valence-electron chi connectivity index (χ2n) is 7.34. The van der Waals surface area contributed by atoms with Crippen molar-refractivity contribution >= 4 is 69.1 Å². The predicted molar refractivity (Wildman–Crippen MR) is 138 cm³/mol. The summed E-state index contributed by atoms with van der Waals surface area (Å²) >= 11 is 12.5. The number of esters is 1. The van der Waals surface area contributed by atoms with Gasteiger partial charge in [0, 0.05) is 44.6 Å². The van der Waals surface area contributed by atoms with Crippen LogP contribution in [0, 0.1) is 0 Å². The number of hydrogen-bond donors (Lipinski definition) is 3. The molecule has 0 saturated heterocycles. The number of aromatic amines is 1. The molecular formula is C26H21Cl2N3O3. The van der Waals surface area contributed by atoms with E-state index in [4.69, 9.17) is 27.9 Å². The fraction of sp³-hybridized carbons (Fsp3) is 0.0769. The van der Waals surface area contributed by atoms with Crippen LogP contribution in [0.1, 0.15) is 23.0 Å². The maximum absolute atomic E-state index is 12.6. The van der Waals surface area contributed by atoms with Crippen LogP contribution < -0.4 is 10.6 Å². The number of H-pyrrole nitrogens is 1. The first-order valence-corrected chi connectivity index (χ1v) is 11.3. The van der Waals surface area contributed by atoms with Crippen LogP contribution in [0.3, 0.4) is 0 Å². The Labute approximate surface area is 206 Å². The number of amides is 1. The largest absolute Gasteiger partial charge is 0.461 e. The Balaban J connectivity index is 1.53. The number of ether oxygens (including phenoxy) is 1. The monoisotopic (exact) mass is 493 g/mol. The predicted octanol–water partition coefficient (Wildman–Crippen LogP) is 7.05. The lowest BCUT2D eigenvalue weighted by atomic mass is 10.1. The van der Waals surface area contributed by atoms with Crippen molar-refractivity contribution in [1.29, 1.82) is 0 Å². The van der Waals surface area contributed by atoms with Crippen molar-refractivity contribution in [3.63, 3.8) is 0 Å². The van der Waals surface area contributed by atoms with Gasteiger partial charge in [-0.15, -0.1) is 0 Å². The van der Waals surface area contributed by atoms with Crippen LogP contribution in [-0.4, -0.2) is 23.5 Å². The van der Waals surface area contributed by atoms with E-state index in [2.05, 4.69) is 15.6 Å². The molecule has 4 rings (SSSR count). The van der Waals surface area contributed by atoms with Crippen LogP contribution in [0.2, 0.25) is 10.0 Å². The molecule has 0 spiro atoms. The number of rotatable bonds is 7. The summed E-state index contributed by atoms with van der Waals surface area (Å²) in [6.07, 6.45) is 2.87. The molecule has 1 amide bonds. The van der Waals surface area contributed by atoms with Gasteiger partial charge in [-0.05, 0) is 61.5 Å². The van der Waals surface area contributed by atoms with Crippen molar-refractivity contribution in [3.8, 4) is 0 Å². The molecular weight excluding hydrogens is 473 g/mol. The standard InChI is InChI=1S/C26H21Cl2N3O3/c1-2-34-26(33)25-20(24-21(28)14-16(27)15-22(24)31-25)12-13-23(32)30-19-10-8-18(9-11-19)29-17-6-4-3-5-7-17/h3-15,29,31H,2H2,1H3,(H,30,32)/b13-12+. The van der Waals surface area contributed by atoms with Gasteiger partial charge in [-0.2, -0.15) is 0 Å². The molecule has 172 valence electrons. The van der Waals surface area contributed by atoms with Gasteiger partial charge in [0.25, 0.3) is 0 Å². The van der Waals surface area contributed by atoms with Gasteiger partial charge in [0.05, 0.1) is 11.6 Å². The van der Waals surface area contributed by atoms with Gasteiger partial charge >= 0.3 is 5.97 Å². The van der Waals surface area contributed by atoms with Gasteiger partial charge < -0.3 is 20.4 Å². The van der Waals surface area contributed by atoms with Crippen molar-refractivity contribution in [2.24, 2.45) is 0 Å². The van der Waals surface area contributed by atoms with Crippen molar-refractivity contribution < 1.29 is 14.3 Å². The van der Waals surface area contributed by atoms with E-state index in [1.54, 1.807) is 31.2 Å².